The summed E-state index contributed by atoms with van der Waals surface area (Å²) in [6.45, 7) is 0. The van der Waals surface area contributed by atoms with Crippen molar-refractivity contribution in [3.63, 3.8) is 0 Å². The predicted octanol–water partition coefficient (Wildman–Crippen LogP) is 3.20. The van der Waals surface area contributed by atoms with Crippen LogP contribution < -0.4 is 0 Å². The minimum atomic E-state index is -1.06. The van der Waals surface area contributed by atoms with Gasteiger partial charge in [-0.3, -0.25) is 9.59 Å². The van der Waals surface area contributed by atoms with Gasteiger partial charge in [-0.05, 0) is 48.6 Å². The van der Waals surface area contributed by atoms with Crippen LogP contribution in [0.4, 0.5) is 0 Å². The van der Waals surface area contributed by atoms with E-state index in [-0.39, 0.29) is 23.0 Å². The summed E-state index contributed by atoms with van der Waals surface area (Å²) in [7, 11) is 0. The van der Waals surface area contributed by atoms with Crippen molar-refractivity contribution >= 4 is 34.6 Å². The van der Waals surface area contributed by atoms with Gasteiger partial charge in [-0.2, -0.15) is 0 Å². The average molecular weight is 388 g/mol. The number of carbonyl (C=O) groups is 4. The average Bonchev–Trinajstić information content (AvgIpc) is 2.67. The third-order valence-electron chi connectivity index (χ3n) is 4.81. The second-order valence-corrected chi connectivity index (χ2v) is 6.54. The third kappa shape index (κ3) is 4.85. The Hall–Kier alpha value is -3.42. The zero-order chi connectivity index (χ0) is 20.8. The molecule has 8 nitrogen and oxygen atoms in total. The van der Waals surface area contributed by atoms with Gasteiger partial charge in [0, 0.05) is 0 Å². The first-order valence-corrected chi connectivity index (χ1v) is 8.66. The molecule has 0 aliphatic heterocycles. The van der Waals surface area contributed by atoms with E-state index in [2.05, 4.69) is 0 Å². The summed E-state index contributed by atoms with van der Waals surface area (Å²) in [5, 5.41) is 36.0. The molecule has 28 heavy (non-hydrogen) atoms. The molecule has 0 radical (unpaired) electrons. The van der Waals surface area contributed by atoms with Crippen molar-refractivity contribution in [2.75, 3.05) is 0 Å². The van der Waals surface area contributed by atoms with Crippen molar-refractivity contribution < 1.29 is 39.6 Å². The molecule has 1 aliphatic rings. The second kappa shape index (κ2) is 8.98. The summed E-state index contributed by atoms with van der Waals surface area (Å²) in [4.78, 5) is 42.9. The van der Waals surface area contributed by atoms with Crippen molar-refractivity contribution in [1.82, 2.24) is 0 Å². The lowest BCUT2D eigenvalue weighted by Gasteiger charge is -2.22. The Balaban J connectivity index is 0.000000209. The third-order valence-corrected chi connectivity index (χ3v) is 4.81. The molecule has 1 fully saturated rings. The monoisotopic (exact) mass is 388 g/mol. The standard InChI is InChI=1S/C12H8O4.C8H12O4/c13-11(14)9-5-1-3-7-8(9)4-2-6-10(7)12(15)16;9-7(10)5-1-2-6(4-3-5)8(11)12/h1-6H,(H,13,14)(H,15,16);5-6H,1-4H2,(H,9,10)(H,11,12). The SMILES string of the molecule is O=C(O)C1CCC(C(=O)O)CC1.O=C(O)c1cccc2c(C(=O)O)cccc12. The Kier molecular flexibility index (Phi) is 6.70. The molecule has 1 aliphatic carbocycles. The van der Waals surface area contributed by atoms with Crippen LogP contribution in [0, 0.1) is 11.8 Å². The fraction of sp³-hybridized carbons (Fsp3) is 0.300. The van der Waals surface area contributed by atoms with Crippen LogP contribution in [0.1, 0.15) is 46.4 Å². The fourth-order valence-corrected chi connectivity index (χ4v) is 3.27. The van der Waals surface area contributed by atoms with Crippen LogP contribution >= 0.6 is 0 Å². The fourth-order valence-electron chi connectivity index (χ4n) is 3.27. The molecule has 1 saturated carbocycles. The van der Waals surface area contributed by atoms with Crippen molar-refractivity contribution in [1.29, 1.82) is 0 Å². The largest absolute Gasteiger partial charge is 0.481 e. The number of aromatic carboxylic acids is 2. The topological polar surface area (TPSA) is 149 Å². The maximum absolute atomic E-state index is 10.9. The van der Waals surface area contributed by atoms with Crippen LogP contribution in [-0.4, -0.2) is 44.3 Å². The number of hydrogen-bond donors (Lipinski definition) is 4. The molecule has 0 saturated heterocycles. The number of benzene rings is 2. The number of fused-ring (bicyclic) bond motifs is 1. The normalized spacial score (nSPS) is 18.6. The second-order valence-electron chi connectivity index (χ2n) is 6.54. The van der Waals surface area contributed by atoms with Gasteiger partial charge in [-0.1, -0.05) is 24.3 Å². The number of rotatable bonds is 4. The molecule has 0 aromatic heterocycles. The molecule has 8 heteroatoms. The highest BCUT2D eigenvalue weighted by Gasteiger charge is 2.29. The summed E-state index contributed by atoms with van der Waals surface area (Å²) in [5.74, 6) is -4.35. The summed E-state index contributed by atoms with van der Waals surface area (Å²) < 4.78 is 0. The lowest BCUT2D eigenvalue weighted by atomic mass is 9.82. The van der Waals surface area contributed by atoms with Crippen LogP contribution in [0.15, 0.2) is 36.4 Å². The smallest absolute Gasteiger partial charge is 0.336 e. The Morgan fingerprint density at radius 2 is 0.929 bits per heavy atom. The molecule has 3 rings (SSSR count). The van der Waals surface area contributed by atoms with Gasteiger partial charge in [0.15, 0.2) is 0 Å². The molecule has 0 unspecified atom stereocenters. The summed E-state index contributed by atoms with van der Waals surface area (Å²) in [6.07, 6.45) is 2.03. The number of carboxylic acid groups (broad SMARTS) is 4. The van der Waals surface area contributed by atoms with Gasteiger partial charge in [0.25, 0.3) is 0 Å². The van der Waals surface area contributed by atoms with E-state index >= 15 is 0 Å². The van der Waals surface area contributed by atoms with Gasteiger partial charge in [-0.15, -0.1) is 0 Å². The van der Waals surface area contributed by atoms with Gasteiger partial charge in [0.2, 0.25) is 0 Å². The van der Waals surface area contributed by atoms with E-state index in [0.717, 1.165) is 0 Å². The van der Waals surface area contributed by atoms with E-state index < -0.39 is 23.9 Å². The molecule has 0 amide bonds. The maximum atomic E-state index is 10.9. The molecule has 2 aromatic rings. The Bertz CT molecular complexity index is 834. The van der Waals surface area contributed by atoms with E-state index in [1.807, 2.05) is 0 Å². The van der Waals surface area contributed by atoms with E-state index in [9.17, 15) is 19.2 Å². The highest BCUT2D eigenvalue weighted by molar-refractivity contribution is 6.10. The highest BCUT2D eigenvalue weighted by atomic mass is 16.4. The quantitative estimate of drug-likeness (QED) is 0.624. The van der Waals surface area contributed by atoms with Gasteiger partial charge in [0.05, 0.1) is 23.0 Å². The van der Waals surface area contributed by atoms with Crippen molar-refractivity contribution in [3.8, 4) is 0 Å². The molecule has 2 aromatic carbocycles. The van der Waals surface area contributed by atoms with Crippen LogP contribution in [0.3, 0.4) is 0 Å². The maximum Gasteiger partial charge on any atom is 0.336 e. The Morgan fingerprint density at radius 1 is 0.607 bits per heavy atom. The summed E-state index contributed by atoms with van der Waals surface area (Å²) in [6, 6.07) is 9.19. The molecule has 148 valence electrons. The van der Waals surface area contributed by atoms with E-state index in [1.54, 1.807) is 12.1 Å². The Morgan fingerprint density at radius 3 is 1.18 bits per heavy atom. The predicted molar refractivity (Wildman–Crippen MR) is 98.6 cm³/mol. The number of hydrogen-bond acceptors (Lipinski definition) is 4. The molecular weight excluding hydrogens is 368 g/mol. The first-order valence-electron chi connectivity index (χ1n) is 8.66. The van der Waals surface area contributed by atoms with Crippen molar-refractivity contribution in [2.24, 2.45) is 11.8 Å². The molecule has 0 spiro atoms. The van der Waals surface area contributed by atoms with Gasteiger partial charge < -0.3 is 20.4 Å². The summed E-state index contributed by atoms with van der Waals surface area (Å²) in [5.41, 5.74) is 0.223. The zero-order valence-electron chi connectivity index (χ0n) is 14.9. The van der Waals surface area contributed by atoms with Gasteiger partial charge >= 0.3 is 23.9 Å². The van der Waals surface area contributed by atoms with E-state index in [4.69, 9.17) is 20.4 Å². The summed E-state index contributed by atoms with van der Waals surface area (Å²) >= 11 is 0. The molecule has 0 bridgehead atoms. The first kappa shape index (κ1) is 20.9. The lowest BCUT2D eigenvalue weighted by molar-refractivity contribution is -0.148. The molecule has 4 N–H and O–H groups in total. The van der Waals surface area contributed by atoms with E-state index in [1.165, 1.54) is 24.3 Å². The minimum Gasteiger partial charge on any atom is -0.481 e. The zero-order valence-corrected chi connectivity index (χ0v) is 14.9. The van der Waals surface area contributed by atoms with Crippen molar-refractivity contribution in [3.05, 3.63) is 47.5 Å². The van der Waals surface area contributed by atoms with Gasteiger partial charge in [-0.25, -0.2) is 9.59 Å². The van der Waals surface area contributed by atoms with E-state index in [0.29, 0.717) is 36.5 Å². The minimum absolute atomic E-state index is 0.112. The lowest BCUT2D eigenvalue weighted by Crippen LogP contribution is -2.25. The van der Waals surface area contributed by atoms with Crippen molar-refractivity contribution in [2.45, 2.75) is 25.7 Å². The number of carboxylic acids is 4. The highest BCUT2D eigenvalue weighted by Crippen LogP contribution is 2.28. The molecular formula is C20H20O8. The van der Waals surface area contributed by atoms with Crippen LogP contribution in [0.2, 0.25) is 0 Å². The van der Waals surface area contributed by atoms with Gasteiger partial charge in [0.1, 0.15) is 0 Å². The van der Waals surface area contributed by atoms with Crippen LogP contribution in [-0.2, 0) is 9.59 Å². The molecule has 0 heterocycles. The first-order chi connectivity index (χ1) is 13.2. The van der Waals surface area contributed by atoms with Crippen LogP contribution in [0.5, 0.6) is 0 Å². The van der Waals surface area contributed by atoms with Crippen LogP contribution in [0.25, 0.3) is 10.8 Å². The number of aliphatic carboxylic acids is 2. The molecule has 0 atom stereocenters. The Labute approximate surface area is 160 Å².